The lowest BCUT2D eigenvalue weighted by molar-refractivity contribution is 0.312. The zero-order valence-electron chi connectivity index (χ0n) is 11.8. The summed E-state index contributed by atoms with van der Waals surface area (Å²) in [5.74, 6) is 1.05. The molecule has 0 bridgehead atoms. The maximum atomic E-state index is 5.85. The van der Waals surface area contributed by atoms with Crippen molar-refractivity contribution in [3.63, 3.8) is 0 Å². The van der Waals surface area contributed by atoms with Crippen LogP contribution >= 0.6 is 0 Å². The van der Waals surface area contributed by atoms with Crippen molar-refractivity contribution < 1.29 is 0 Å². The lowest BCUT2D eigenvalue weighted by Crippen LogP contribution is -2.44. The smallest absolute Gasteiger partial charge is 0.129 e. The summed E-state index contributed by atoms with van der Waals surface area (Å²) >= 11 is 0. The zero-order chi connectivity index (χ0) is 13.9. The van der Waals surface area contributed by atoms with E-state index in [1.165, 1.54) is 0 Å². The predicted molar refractivity (Wildman–Crippen MR) is 83.8 cm³/mol. The van der Waals surface area contributed by atoms with Crippen LogP contribution in [-0.2, 0) is 0 Å². The number of aromatic nitrogens is 1. The van der Waals surface area contributed by atoms with Crippen molar-refractivity contribution in [1.29, 1.82) is 0 Å². The molecule has 2 heterocycles. The highest BCUT2D eigenvalue weighted by atomic mass is 15.3. The van der Waals surface area contributed by atoms with Gasteiger partial charge < -0.3 is 15.5 Å². The molecule has 4 heteroatoms. The fourth-order valence-corrected chi connectivity index (χ4v) is 2.49. The van der Waals surface area contributed by atoms with Crippen LogP contribution in [0.4, 0.5) is 11.5 Å². The van der Waals surface area contributed by atoms with Crippen LogP contribution in [0, 0.1) is 0 Å². The number of likely N-dealkylation sites (N-methyl/N-ethyl adjacent to an activating group) is 1. The second-order valence-electron chi connectivity index (χ2n) is 5.30. The quantitative estimate of drug-likeness (QED) is 0.847. The number of hydrogen-bond acceptors (Lipinski definition) is 4. The Hall–Kier alpha value is -2.07. The van der Waals surface area contributed by atoms with Crippen molar-refractivity contribution >= 4 is 11.5 Å². The molecule has 20 heavy (non-hydrogen) atoms. The van der Waals surface area contributed by atoms with Gasteiger partial charge in [-0.2, -0.15) is 0 Å². The summed E-state index contributed by atoms with van der Waals surface area (Å²) in [5.41, 5.74) is 8.67. The number of benzene rings is 1. The average molecular weight is 268 g/mol. The molecular weight excluding hydrogens is 248 g/mol. The Kier molecular flexibility index (Phi) is 3.56. The van der Waals surface area contributed by atoms with Crippen LogP contribution in [0.3, 0.4) is 0 Å². The van der Waals surface area contributed by atoms with Gasteiger partial charge in [-0.15, -0.1) is 0 Å². The first-order valence-electron chi connectivity index (χ1n) is 6.99. The molecule has 1 saturated heterocycles. The highest BCUT2D eigenvalue weighted by molar-refractivity contribution is 5.65. The zero-order valence-corrected chi connectivity index (χ0v) is 11.8. The molecule has 0 radical (unpaired) electrons. The monoisotopic (exact) mass is 268 g/mol. The van der Waals surface area contributed by atoms with Gasteiger partial charge in [0, 0.05) is 37.4 Å². The Morgan fingerprint density at radius 1 is 1.00 bits per heavy atom. The maximum Gasteiger partial charge on any atom is 0.129 e. The van der Waals surface area contributed by atoms with Gasteiger partial charge in [-0.3, -0.25) is 0 Å². The maximum absolute atomic E-state index is 5.85. The van der Waals surface area contributed by atoms with E-state index in [4.69, 9.17) is 10.7 Å². The Bertz CT molecular complexity index is 589. The number of rotatable bonds is 2. The summed E-state index contributed by atoms with van der Waals surface area (Å²) in [5, 5.41) is 0. The number of nitrogens with two attached hydrogens (primary N) is 1. The second kappa shape index (κ2) is 5.51. The standard InChI is InChI=1S/C16H20N4/c1-19-8-10-20(11-9-19)16-7-3-6-15(18-16)13-4-2-5-14(17)12-13/h2-7,12H,8-11,17H2,1H3. The van der Waals surface area contributed by atoms with E-state index in [-0.39, 0.29) is 0 Å². The Labute approximate surface area is 119 Å². The first-order valence-corrected chi connectivity index (χ1v) is 6.99. The van der Waals surface area contributed by atoms with Crippen molar-refractivity contribution in [3.8, 4) is 11.3 Å². The number of anilines is 2. The van der Waals surface area contributed by atoms with Crippen LogP contribution in [0.1, 0.15) is 0 Å². The number of hydrogen-bond donors (Lipinski definition) is 1. The number of nitrogen functional groups attached to an aromatic ring is 1. The summed E-state index contributed by atoms with van der Waals surface area (Å²) in [6.45, 7) is 4.24. The lowest BCUT2D eigenvalue weighted by Gasteiger charge is -2.33. The molecule has 1 aromatic heterocycles. The Balaban J connectivity index is 1.86. The fraction of sp³-hybridized carbons (Fsp3) is 0.312. The largest absolute Gasteiger partial charge is 0.399 e. The van der Waals surface area contributed by atoms with Crippen molar-refractivity contribution in [1.82, 2.24) is 9.88 Å². The summed E-state index contributed by atoms with van der Waals surface area (Å²) < 4.78 is 0. The van der Waals surface area contributed by atoms with E-state index in [1.807, 2.05) is 30.3 Å². The molecule has 104 valence electrons. The van der Waals surface area contributed by atoms with E-state index in [0.29, 0.717) is 0 Å². The fourth-order valence-electron chi connectivity index (χ4n) is 2.49. The van der Waals surface area contributed by atoms with E-state index in [2.05, 4.69) is 29.0 Å². The van der Waals surface area contributed by atoms with E-state index in [1.54, 1.807) is 0 Å². The van der Waals surface area contributed by atoms with Gasteiger partial charge in [-0.05, 0) is 31.3 Å². The van der Waals surface area contributed by atoms with E-state index in [0.717, 1.165) is 48.9 Å². The third-order valence-corrected chi connectivity index (χ3v) is 3.74. The third kappa shape index (κ3) is 2.75. The van der Waals surface area contributed by atoms with Crippen LogP contribution in [0.5, 0.6) is 0 Å². The van der Waals surface area contributed by atoms with Crippen LogP contribution in [-0.4, -0.2) is 43.1 Å². The van der Waals surface area contributed by atoms with Crippen molar-refractivity contribution in [2.75, 3.05) is 43.9 Å². The molecule has 1 aliphatic rings. The van der Waals surface area contributed by atoms with Gasteiger partial charge in [0.2, 0.25) is 0 Å². The summed E-state index contributed by atoms with van der Waals surface area (Å²) in [4.78, 5) is 9.47. The molecule has 1 aliphatic heterocycles. The molecule has 0 saturated carbocycles. The van der Waals surface area contributed by atoms with Crippen LogP contribution in [0.2, 0.25) is 0 Å². The molecule has 0 aliphatic carbocycles. The van der Waals surface area contributed by atoms with Crippen molar-refractivity contribution in [3.05, 3.63) is 42.5 Å². The van der Waals surface area contributed by atoms with Crippen molar-refractivity contribution in [2.45, 2.75) is 0 Å². The summed E-state index contributed by atoms with van der Waals surface area (Å²) in [7, 11) is 2.16. The van der Waals surface area contributed by atoms with Gasteiger partial charge in [0.25, 0.3) is 0 Å². The molecule has 1 aromatic carbocycles. The van der Waals surface area contributed by atoms with E-state index < -0.39 is 0 Å². The highest BCUT2D eigenvalue weighted by Crippen LogP contribution is 2.22. The molecule has 0 unspecified atom stereocenters. The lowest BCUT2D eigenvalue weighted by atomic mass is 10.1. The second-order valence-corrected chi connectivity index (χ2v) is 5.30. The molecule has 0 atom stereocenters. The molecule has 2 aromatic rings. The molecular formula is C16H20N4. The van der Waals surface area contributed by atoms with Gasteiger partial charge in [0.05, 0.1) is 5.69 Å². The minimum absolute atomic E-state index is 0.773. The van der Waals surface area contributed by atoms with Crippen LogP contribution in [0.25, 0.3) is 11.3 Å². The first kappa shape index (κ1) is 12.9. The third-order valence-electron chi connectivity index (χ3n) is 3.74. The van der Waals surface area contributed by atoms with Gasteiger partial charge in [0.15, 0.2) is 0 Å². The molecule has 4 nitrogen and oxygen atoms in total. The minimum Gasteiger partial charge on any atom is -0.399 e. The van der Waals surface area contributed by atoms with E-state index in [9.17, 15) is 0 Å². The van der Waals surface area contributed by atoms with E-state index >= 15 is 0 Å². The molecule has 0 spiro atoms. The minimum atomic E-state index is 0.773. The highest BCUT2D eigenvalue weighted by Gasteiger charge is 2.15. The van der Waals surface area contributed by atoms with Gasteiger partial charge in [0.1, 0.15) is 5.82 Å². The molecule has 1 fully saturated rings. The molecule has 2 N–H and O–H groups in total. The van der Waals surface area contributed by atoms with Crippen molar-refractivity contribution in [2.24, 2.45) is 0 Å². The summed E-state index contributed by atoms with van der Waals surface area (Å²) in [6.07, 6.45) is 0. The SMILES string of the molecule is CN1CCN(c2cccc(-c3cccc(N)c3)n2)CC1. The molecule has 0 amide bonds. The topological polar surface area (TPSA) is 45.4 Å². The number of nitrogens with zero attached hydrogens (tertiary/aromatic N) is 3. The predicted octanol–water partition coefficient (Wildman–Crippen LogP) is 2.08. The summed E-state index contributed by atoms with van der Waals surface area (Å²) in [6, 6.07) is 14.1. The Morgan fingerprint density at radius 2 is 1.75 bits per heavy atom. The van der Waals surface area contributed by atoms with Gasteiger partial charge in [-0.25, -0.2) is 4.98 Å². The number of piperazine rings is 1. The Morgan fingerprint density at radius 3 is 2.50 bits per heavy atom. The van der Waals surface area contributed by atoms with Crippen LogP contribution < -0.4 is 10.6 Å². The van der Waals surface area contributed by atoms with Crippen LogP contribution in [0.15, 0.2) is 42.5 Å². The van der Waals surface area contributed by atoms with Gasteiger partial charge >= 0.3 is 0 Å². The first-order chi connectivity index (χ1) is 9.72. The number of pyridine rings is 1. The molecule has 3 rings (SSSR count). The van der Waals surface area contributed by atoms with Gasteiger partial charge in [-0.1, -0.05) is 18.2 Å². The normalized spacial score (nSPS) is 16.4. The average Bonchev–Trinajstić information content (AvgIpc) is 2.48.